The van der Waals surface area contributed by atoms with Crippen molar-refractivity contribution in [3.63, 3.8) is 0 Å². The molecule has 42 heavy (non-hydrogen) atoms. The van der Waals surface area contributed by atoms with Crippen LogP contribution in [-0.4, -0.2) is 42.9 Å². The molecular weight excluding hydrogens is 522 g/mol. The predicted molar refractivity (Wildman–Crippen MR) is 170 cm³/mol. The number of anilines is 1. The van der Waals surface area contributed by atoms with E-state index in [0.29, 0.717) is 18.2 Å². The Labute approximate surface area is 246 Å². The molecule has 5 aromatic rings. The minimum absolute atomic E-state index is 0.0462. The van der Waals surface area contributed by atoms with Crippen LogP contribution in [0.15, 0.2) is 89.3 Å². The van der Waals surface area contributed by atoms with Crippen molar-refractivity contribution in [3.05, 3.63) is 102 Å². The van der Waals surface area contributed by atoms with E-state index >= 15 is 0 Å². The molecule has 6 nitrogen and oxygen atoms in total. The number of hydrogen-bond acceptors (Lipinski definition) is 4. The summed E-state index contributed by atoms with van der Waals surface area (Å²) in [5.74, 6) is 0.629. The zero-order valence-corrected chi connectivity index (χ0v) is 24.3. The minimum atomic E-state index is -0.176. The molecule has 0 aliphatic carbocycles. The summed E-state index contributed by atoms with van der Waals surface area (Å²) in [7, 11) is 0. The molecule has 6 rings (SSSR count). The minimum Gasteiger partial charge on any atom is -0.450 e. The van der Waals surface area contributed by atoms with Gasteiger partial charge >= 0.3 is 0 Å². The first-order chi connectivity index (χ1) is 20.4. The Bertz CT molecular complexity index is 1730. The summed E-state index contributed by atoms with van der Waals surface area (Å²) in [5, 5.41) is 9.00. The Kier molecular flexibility index (Phi) is 8.06. The van der Waals surface area contributed by atoms with Gasteiger partial charge < -0.3 is 20.0 Å². The lowest BCUT2D eigenvalue weighted by molar-refractivity contribution is -0.114. The lowest BCUT2D eigenvalue weighted by atomic mass is 9.89. The SMILES string of the molecule is CC(=O)Nc1cccc(C2CCN(CCCNC(=O)c3cc4cc(-c5ccc(C)cc5)c5ccccc5c4o3)CC2)c1. The molecule has 0 saturated carbocycles. The number of likely N-dealkylation sites (tertiary alicyclic amines) is 1. The van der Waals surface area contributed by atoms with Crippen LogP contribution in [0.3, 0.4) is 0 Å². The Morgan fingerprint density at radius 3 is 2.43 bits per heavy atom. The molecule has 0 bridgehead atoms. The van der Waals surface area contributed by atoms with E-state index in [1.54, 1.807) is 0 Å². The molecule has 1 aliphatic rings. The third-order valence-electron chi connectivity index (χ3n) is 8.31. The lowest BCUT2D eigenvalue weighted by Gasteiger charge is -2.32. The summed E-state index contributed by atoms with van der Waals surface area (Å²) in [5.41, 5.74) is 6.40. The number of carbonyl (C=O) groups excluding carboxylic acids is 2. The molecule has 1 aromatic heterocycles. The summed E-state index contributed by atoms with van der Waals surface area (Å²) in [4.78, 5) is 26.9. The highest BCUT2D eigenvalue weighted by Crippen LogP contribution is 2.36. The molecule has 0 spiro atoms. The third-order valence-corrected chi connectivity index (χ3v) is 8.31. The van der Waals surface area contributed by atoms with Crippen LogP contribution in [-0.2, 0) is 4.79 Å². The van der Waals surface area contributed by atoms with Crippen molar-refractivity contribution in [1.82, 2.24) is 10.2 Å². The summed E-state index contributed by atoms with van der Waals surface area (Å²) in [6.45, 7) is 7.24. The van der Waals surface area contributed by atoms with Gasteiger partial charge in [-0.3, -0.25) is 9.59 Å². The van der Waals surface area contributed by atoms with Crippen molar-refractivity contribution in [2.45, 2.75) is 39.0 Å². The molecule has 1 fully saturated rings. The highest BCUT2D eigenvalue weighted by atomic mass is 16.3. The highest BCUT2D eigenvalue weighted by molar-refractivity contribution is 6.13. The molecule has 2 amide bonds. The number of hydrogen-bond donors (Lipinski definition) is 2. The Hall–Kier alpha value is -4.42. The number of benzene rings is 4. The molecule has 2 heterocycles. The quantitative estimate of drug-likeness (QED) is 0.193. The van der Waals surface area contributed by atoms with Gasteiger partial charge in [0.05, 0.1) is 0 Å². The standard InChI is InChI=1S/C36H37N3O3/c1-24-11-13-27(14-12-24)33-22-29-23-34(42-35(29)32-10-4-3-9-31(32)33)36(41)37-17-6-18-39-19-15-26(16-20-39)28-7-5-8-30(21-28)38-25(2)40/h3-5,7-14,21-23,26H,6,15-20H2,1-2H3,(H,37,41)(H,38,40). The van der Waals surface area contributed by atoms with Crippen molar-refractivity contribution in [1.29, 1.82) is 0 Å². The van der Waals surface area contributed by atoms with Crippen LogP contribution in [0.5, 0.6) is 0 Å². The average Bonchev–Trinajstić information content (AvgIpc) is 3.44. The van der Waals surface area contributed by atoms with Gasteiger partial charge in [-0.25, -0.2) is 0 Å². The molecule has 2 N–H and O–H groups in total. The van der Waals surface area contributed by atoms with Crippen LogP contribution >= 0.6 is 0 Å². The number of rotatable bonds is 8. The molecule has 4 aromatic carbocycles. The summed E-state index contributed by atoms with van der Waals surface area (Å²) in [6.07, 6.45) is 3.07. The van der Waals surface area contributed by atoms with Crippen LogP contribution in [0, 0.1) is 6.92 Å². The van der Waals surface area contributed by atoms with E-state index in [1.165, 1.54) is 18.1 Å². The van der Waals surface area contributed by atoms with E-state index in [9.17, 15) is 9.59 Å². The fraction of sp³-hybridized carbons (Fsp3) is 0.278. The van der Waals surface area contributed by atoms with Crippen LogP contribution in [0.4, 0.5) is 5.69 Å². The van der Waals surface area contributed by atoms with Crippen LogP contribution < -0.4 is 10.6 Å². The number of amides is 2. The number of nitrogens with one attached hydrogen (secondary N) is 2. The molecule has 1 saturated heterocycles. The first kappa shape index (κ1) is 27.7. The zero-order chi connectivity index (χ0) is 29.1. The van der Waals surface area contributed by atoms with E-state index in [4.69, 9.17) is 4.42 Å². The maximum absolute atomic E-state index is 13.0. The summed E-state index contributed by atoms with van der Waals surface area (Å²) < 4.78 is 6.14. The Morgan fingerprint density at radius 1 is 0.905 bits per heavy atom. The maximum atomic E-state index is 13.0. The van der Waals surface area contributed by atoms with Gasteiger partial charge in [-0.2, -0.15) is 0 Å². The van der Waals surface area contributed by atoms with Gasteiger partial charge in [0.15, 0.2) is 5.76 Å². The Morgan fingerprint density at radius 2 is 1.67 bits per heavy atom. The molecule has 1 aliphatic heterocycles. The molecule has 0 radical (unpaired) electrons. The second-order valence-corrected chi connectivity index (χ2v) is 11.4. The molecule has 0 atom stereocenters. The summed E-state index contributed by atoms with van der Waals surface area (Å²) >= 11 is 0. The van der Waals surface area contributed by atoms with Gasteiger partial charge in [-0.05, 0) is 98.1 Å². The fourth-order valence-electron chi connectivity index (χ4n) is 6.11. The van der Waals surface area contributed by atoms with Gasteiger partial charge in [0.2, 0.25) is 5.91 Å². The molecule has 214 valence electrons. The average molecular weight is 560 g/mol. The van der Waals surface area contributed by atoms with Crippen molar-refractivity contribution in [2.75, 3.05) is 31.5 Å². The number of piperidine rings is 1. The number of fused-ring (bicyclic) bond motifs is 3. The van der Waals surface area contributed by atoms with Crippen LogP contribution in [0.1, 0.15) is 53.8 Å². The number of nitrogens with zero attached hydrogens (tertiary/aromatic N) is 1. The molecule has 6 heteroatoms. The van der Waals surface area contributed by atoms with Gasteiger partial charge in [-0.1, -0.05) is 66.2 Å². The van der Waals surface area contributed by atoms with Crippen molar-refractivity contribution in [3.8, 4) is 11.1 Å². The molecule has 0 unspecified atom stereocenters. The highest BCUT2D eigenvalue weighted by Gasteiger charge is 2.21. The van der Waals surface area contributed by atoms with E-state index < -0.39 is 0 Å². The number of furan rings is 1. The van der Waals surface area contributed by atoms with E-state index in [-0.39, 0.29) is 11.8 Å². The lowest BCUT2D eigenvalue weighted by Crippen LogP contribution is -2.35. The van der Waals surface area contributed by atoms with Gasteiger partial charge in [0.1, 0.15) is 5.58 Å². The van der Waals surface area contributed by atoms with Crippen molar-refractivity contribution >= 4 is 39.2 Å². The topological polar surface area (TPSA) is 74.6 Å². The Balaban J connectivity index is 1.04. The van der Waals surface area contributed by atoms with Crippen molar-refractivity contribution < 1.29 is 14.0 Å². The third kappa shape index (κ3) is 6.09. The normalized spacial score (nSPS) is 14.3. The zero-order valence-electron chi connectivity index (χ0n) is 24.3. The van der Waals surface area contributed by atoms with E-state index in [1.807, 2.05) is 30.3 Å². The first-order valence-electron chi connectivity index (χ1n) is 14.8. The van der Waals surface area contributed by atoms with Gasteiger partial charge in [-0.15, -0.1) is 0 Å². The monoisotopic (exact) mass is 559 g/mol. The van der Waals surface area contributed by atoms with E-state index in [0.717, 1.165) is 77.5 Å². The summed E-state index contributed by atoms with van der Waals surface area (Å²) in [6, 6.07) is 28.9. The maximum Gasteiger partial charge on any atom is 0.287 e. The van der Waals surface area contributed by atoms with Gasteiger partial charge in [0, 0.05) is 29.9 Å². The van der Waals surface area contributed by atoms with Gasteiger partial charge in [0.25, 0.3) is 5.91 Å². The van der Waals surface area contributed by atoms with Crippen LogP contribution in [0.2, 0.25) is 0 Å². The van der Waals surface area contributed by atoms with Crippen molar-refractivity contribution in [2.24, 2.45) is 0 Å². The molecular formula is C36H37N3O3. The van der Waals surface area contributed by atoms with Crippen LogP contribution in [0.25, 0.3) is 32.9 Å². The smallest absolute Gasteiger partial charge is 0.287 e. The second-order valence-electron chi connectivity index (χ2n) is 11.4. The predicted octanol–water partition coefficient (Wildman–Crippen LogP) is 7.52. The number of carbonyl (C=O) groups is 2. The van der Waals surface area contributed by atoms with E-state index in [2.05, 4.69) is 77.1 Å². The number of aryl methyl sites for hydroxylation is 1. The fourth-order valence-corrected chi connectivity index (χ4v) is 6.11. The largest absolute Gasteiger partial charge is 0.450 e. The second kappa shape index (κ2) is 12.2. The first-order valence-corrected chi connectivity index (χ1v) is 14.8.